The topological polar surface area (TPSA) is 99.1 Å². The molecule has 0 fully saturated rings. The van der Waals surface area contributed by atoms with Crippen molar-refractivity contribution in [3.63, 3.8) is 0 Å². The fraction of sp³-hybridized carbons (Fsp3) is 0.214. The number of carbonyl (C=O) groups is 3. The van der Waals surface area contributed by atoms with E-state index in [4.69, 9.17) is 21.4 Å². The molecule has 0 heterocycles. The van der Waals surface area contributed by atoms with E-state index in [-0.39, 0.29) is 16.3 Å². The van der Waals surface area contributed by atoms with E-state index in [2.05, 4.69) is 9.47 Å². The van der Waals surface area contributed by atoms with Gasteiger partial charge in [0, 0.05) is 0 Å². The summed E-state index contributed by atoms with van der Waals surface area (Å²) in [6.45, 7) is -0.537. The summed E-state index contributed by atoms with van der Waals surface area (Å²) in [7, 11) is 2.27. The quantitative estimate of drug-likeness (QED) is 0.366. The zero-order chi connectivity index (χ0) is 16.7. The Morgan fingerprint density at radius 3 is 2.23 bits per heavy atom. The van der Waals surface area contributed by atoms with Gasteiger partial charge in [-0.2, -0.15) is 0 Å². The normalized spacial score (nSPS) is 9.59. The van der Waals surface area contributed by atoms with E-state index in [9.17, 15) is 14.4 Å². The van der Waals surface area contributed by atoms with Crippen LogP contribution in [0.5, 0.6) is 5.75 Å². The van der Waals surface area contributed by atoms with Gasteiger partial charge in [0.25, 0.3) is 0 Å². The number of esters is 2. The third-order valence-electron chi connectivity index (χ3n) is 2.43. The maximum absolute atomic E-state index is 11.5. The van der Waals surface area contributed by atoms with Gasteiger partial charge in [0.05, 0.1) is 19.2 Å². The average Bonchev–Trinajstić information content (AvgIpc) is 2.50. The molecule has 1 aromatic carbocycles. The molecular formula is C14H13ClO7. The molecule has 0 bridgehead atoms. The lowest BCUT2D eigenvalue weighted by Gasteiger charge is -2.07. The van der Waals surface area contributed by atoms with Gasteiger partial charge in [0.2, 0.25) is 0 Å². The zero-order valence-electron chi connectivity index (χ0n) is 11.8. The second-order valence-corrected chi connectivity index (χ2v) is 4.32. The van der Waals surface area contributed by atoms with E-state index in [1.165, 1.54) is 24.3 Å². The van der Waals surface area contributed by atoms with Crippen molar-refractivity contribution in [1.82, 2.24) is 0 Å². The van der Waals surface area contributed by atoms with Gasteiger partial charge in [0.1, 0.15) is 11.3 Å². The number of benzene rings is 1. The number of hydrogen-bond donors (Lipinski definition) is 1. The van der Waals surface area contributed by atoms with Crippen molar-refractivity contribution < 1.29 is 33.7 Å². The second kappa shape index (κ2) is 8.04. The third-order valence-corrected chi connectivity index (χ3v) is 2.72. The lowest BCUT2D eigenvalue weighted by molar-refractivity contribution is -0.144. The van der Waals surface area contributed by atoms with Crippen molar-refractivity contribution in [3.8, 4) is 5.75 Å². The SMILES string of the molecule is COC(=O)C(=Cc1ccc(OCC(=O)O)c(Cl)c1)C(=O)OC. The molecule has 0 saturated carbocycles. The Labute approximate surface area is 131 Å². The fourth-order valence-electron chi connectivity index (χ4n) is 1.45. The molecule has 22 heavy (non-hydrogen) atoms. The van der Waals surface area contributed by atoms with E-state index in [0.717, 1.165) is 14.2 Å². The summed E-state index contributed by atoms with van der Waals surface area (Å²) in [6.07, 6.45) is 1.24. The highest BCUT2D eigenvalue weighted by Crippen LogP contribution is 2.26. The molecule has 7 nitrogen and oxygen atoms in total. The molecule has 0 spiro atoms. The summed E-state index contributed by atoms with van der Waals surface area (Å²) in [6, 6.07) is 4.32. The van der Waals surface area contributed by atoms with Crippen LogP contribution in [-0.4, -0.2) is 43.8 Å². The molecule has 0 aliphatic rings. The first kappa shape index (κ1) is 17.5. The summed E-state index contributed by atoms with van der Waals surface area (Å²) in [5, 5.41) is 8.66. The third kappa shape index (κ3) is 4.78. The predicted octanol–water partition coefficient (Wildman–Crippen LogP) is 1.53. The molecule has 1 aromatic rings. The lowest BCUT2D eigenvalue weighted by Crippen LogP contribution is -2.15. The van der Waals surface area contributed by atoms with Crippen molar-refractivity contribution in [3.05, 3.63) is 34.4 Å². The predicted molar refractivity (Wildman–Crippen MR) is 76.6 cm³/mol. The van der Waals surface area contributed by atoms with E-state index in [1.807, 2.05) is 0 Å². The molecule has 1 rings (SSSR count). The number of halogens is 1. The molecule has 0 aromatic heterocycles. The minimum absolute atomic E-state index is 0.129. The largest absolute Gasteiger partial charge is 0.480 e. The van der Waals surface area contributed by atoms with Gasteiger partial charge in [-0.25, -0.2) is 14.4 Å². The zero-order valence-corrected chi connectivity index (χ0v) is 12.5. The number of ether oxygens (including phenoxy) is 3. The van der Waals surface area contributed by atoms with Gasteiger partial charge in [0.15, 0.2) is 6.61 Å². The van der Waals surface area contributed by atoms with Crippen LogP contribution in [0, 0.1) is 0 Å². The van der Waals surface area contributed by atoms with Crippen molar-refractivity contribution >= 4 is 35.6 Å². The van der Waals surface area contributed by atoms with Gasteiger partial charge in [-0.05, 0) is 23.8 Å². The van der Waals surface area contributed by atoms with Crippen molar-refractivity contribution in [1.29, 1.82) is 0 Å². The number of methoxy groups -OCH3 is 2. The van der Waals surface area contributed by atoms with Gasteiger partial charge in [-0.1, -0.05) is 17.7 Å². The first-order valence-electron chi connectivity index (χ1n) is 5.91. The van der Waals surface area contributed by atoms with Crippen LogP contribution < -0.4 is 4.74 Å². The van der Waals surface area contributed by atoms with Crippen LogP contribution in [0.4, 0.5) is 0 Å². The van der Waals surface area contributed by atoms with Gasteiger partial charge in [-0.15, -0.1) is 0 Å². The molecule has 0 saturated heterocycles. The van der Waals surface area contributed by atoms with Crippen LogP contribution in [0.1, 0.15) is 5.56 Å². The Kier molecular flexibility index (Phi) is 6.40. The summed E-state index contributed by atoms with van der Waals surface area (Å²) < 4.78 is 14.0. The minimum Gasteiger partial charge on any atom is -0.480 e. The van der Waals surface area contributed by atoms with Crippen molar-refractivity contribution in [2.75, 3.05) is 20.8 Å². The van der Waals surface area contributed by atoms with Gasteiger partial charge >= 0.3 is 17.9 Å². The van der Waals surface area contributed by atoms with Crippen LogP contribution in [-0.2, 0) is 23.9 Å². The average molecular weight is 329 g/mol. The highest BCUT2D eigenvalue weighted by molar-refractivity contribution is 6.32. The Morgan fingerprint density at radius 1 is 1.18 bits per heavy atom. The number of hydrogen-bond acceptors (Lipinski definition) is 6. The molecule has 0 radical (unpaired) electrons. The Morgan fingerprint density at radius 2 is 1.77 bits per heavy atom. The number of rotatable bonds is 6. The fourth-order valence-corrected chi connectivity index (χ4v) is 1.69. The van der Waals surface area contributed by atoms with Crippen LogP contribution in [0.15, 0.2) is 23.8 Å². The van der Waals surface area contributed by atoms with E-state index in [1.54, 1.807) is 0 Å². The molecule has 0 aliphatic carbocycles. The number of carbonyl (C=O) groups excluding carboxylic acids is 2. The first-order chi connectivity index (χ1) is 10.4. The van der Waals surface area contributed by atoms with E-state index >= 15 is 0 Å². The van der Waals surface area contributed by atoms with Crippen LogP contribution >= 0.6 is 11.6 Å². The standard InChI is InChI=1S/C14H13ClO7/c1-20-13(18)9(14(19)21-2)5-8-3-4-11(10(15)6-8)22-7-12(16)17/h3-6H,7H2,1-2H3,(H,16,17). The van der Waals surface area contributed by atoms with Gasteiger partial charge < -0.3 is 19.3 Å². The summed E-state index contributed by atoms with van der Waals surface area (Å²) in [5.74, 6) is -2.68. The highest BCUT2D eigenvalue weighted by Gasteiger charge is 2.19. The molecule has 0 unspecified atom stereocenters. The monoisotopic (exact) mass is 328 g/mol. The molecule has 0 aliphatic heterocycles. The molecule has 118 valence electrons. The molecular weight excluding hydrogens is 316 g/mol. The molecule has 8 heteroatoms. The number of carboxylic acid groups (broad SMARTS) is 1. The van der Waals surface area contributed by atoms with Crippen LogP contribution in [0.2, 0.25) is 5.02 Å². The highest BCUT2D eigenvalue weighted by atomic mass is 35.5. The smallest absolute Gasteiger partial charge is 0.345 e. The summed E-state index contributed by atoms with van der Waals surface area (Å²) in [5.41, 5.74) is 0.110. The maximum atomic E-state index is 11.5. The Balaban J connectivity index is 3.07. The van der Waals surface area contributed by atoms with E-state index < -0.39 is 24.5 Å². The maximum Gasteiger partial charge on any atom is 0.345 e. The molecule has 0 amide bonds. The second-order valence-electron chi connectivity index (χ2n) is 3.91. The Bertz CT molecular complexity index is 604. The Hall–Kier alpha value is -2.54. The lowest BCUT2D eigenvalue weighted by atomic mass is 10.1. The van der Waals surface area contributed by atoms with Crippen molar-refractivity contribution in [2.45, 2.75) is 0 Å². The summed E-state index contributed by atoms with van der Waals surface area (Å²) in [4.78, 5) is 33.5. The number of carboxylic acids is 1. The van der Waals surface area contributed by atoms with E-state index in [0.29, 0.717) is 5.56 Å². The number of aliphatic carboxylic acids is 1. The first-order valence-corrected chi connectivity index (χ1v) is 6.29. The van der Waals surface area contributed by atoms with Gasteiger partial charge in [-0.3, -0.25) is 0 Å². The minimum atomic E-state index is -1.14. The van der Waals surface area contributed by atoms with Crippen LogP contribution in [0.25, 0.3) is 6.08 Å². The van der Waals surface area contributed by atoms with Crippen LogP contribution in [0.3, 0.4) is 0 Å². The summed E-state index contributed by atoms with van der Waals surface area (Å²) >= 11 is 5.94. The van der Waals surface area contributed by atoms with Crippen molar-refractivity contribution in [2.24, 2.45) is 0 Å². The molecule has 1 N–H and O–H groups in total. The molecule has 0 atom stereocenters.